The van der Waals surface area contributed by atoms with Crippen LogP contribution in [0.25, 0.3) is 0 Å². The van der Waals surface area contributed by atoms with E-state index in [1.54, 1.807) is 0 Å². The first-order valence-electron chi connectivity index (χ1n) is 5.38. The molecule has 0 saturated carbocycles. The van der Waals surface area contributed by atoms with Crippen molar-refractivity contribution in [2.75, 3.05) is 0 Å². The van der Waals surface area contributed by atoms with E-state index in [1.165, 1.54) is 0 Å². The van der Waals surface area contributed by atoms with Gasteiger partial charge in [0.2, 0.25) is 5.90 Å². The summed E-state index contributed by atoms with van der Waals surface area (Å²) in [5, 5.41) is 0. The van der Waals surface area contributed by atoms with Crippen LogP contribution in [0.1, 0.15) is 11.1 Å². The van der Waals surface area contributed by atoms with Gasteiger partial charge in [0.25, 0.3) is 0 Å². The number of nitrogens with zero attached hydrogens (tertiary/aromatic N) is 1. The van der Waals surface area contributed by atoms with Crippen LogP contribution in [0.3, 0.4) is 0 Å². The zero-order valence-corrected chi connectivity index (χ0v) is 10.6. The fourth-order valence-corrected chi connectivity index (χ4v) is 2.20. The summed E-state index contributed by atoms with van der Waals surface area (Å²) in [6.45, 7) is 0.585. The Morgan fingerprint density at radius 3 is 2.82 bits per heavy atom. The van der Waals surface area contributed by atoms with Crippen molar-refractivity contribution in [3.05, 3.63) is 64.1 Å². The smallest absolute Gasteiger partial charge is 0.221 e. The SMILES string of the molecule is Brc1cccc(C2=Nc3ccccc3CO2)c1. The molecule has 0 aromatic heterocycles. The van der Waals surface area contributed by atoms with Crippen LogP contribution < -0.4 is 0 Å². The normalized spacial score (nSPS) is 13.6. The number of aliphatic imine (C=N–C) groups is 1. The van der Waals surface area contributed by atoms with Crippen molar-refractivity contribution in [2.45, 2.75) is 6.61 Å². The molecule has 0 unspecified atom stereocenters. The van der Waals surface area contributed by atoms with E-state index >= 15 is 0 Å². The van der Waals surface area contributed by atoms with Crippen molar-refractivity contribution in [1.82, 2.24) is 0 Å². The summed E-state index contributed by atoms with van der Waals surface area (Å²) in [5.41, 5.74) is 3.12. The number of hydrogen-bond donors (Lipinski definition) is 0. The average Bonchev–Trinajstić information content (AvgIpc) is 2.38. The maximum atomic E-state index is 5.67. The van der Waals surface area contributed by atoms with Crippen molar-refractivity contribution >= 4 is 27.5 Å². The van der Waals surface area contributed by atoms with E-state index in [-0.39, 0.29) is 0 Å². The van der Waals surface area contributed by atoms with Gasteiger partial charge >= 0.3 is 0 Å². The molecule has 0 radical (unpaired) electrons. The molecule has 1 aliphatic heterocycles. The minimum Gasteiger partial charge on any atom is -0.472 e. The van der Waals surface area contributed by atoms with Gasteiger partial charge in [0, 0.05) is 15.6 Å². The third-order valence-electron chi connectivity index (χ3n) is 2.65. The molecule has 0 N–H and O–H groups in total. The van der Waals surface area contributed by atoms with Gasteiger partial charge < -0.3 is 4.74 Å². The lowest BCUT2D eigenvalue weighted by molar-refractivity contribution is 0.288. The van der Waals surface area contributed by atoms with Gasteiger partial charge in [-0.3, -0.25) is 0 Å². The van der Waals surface area contributed by atoms with Crippen molar-refractivity contribution < 1.29 is 4.74 Å². The minimum atomic E-state index is 0.585. The summed E-state index contributed by atoms with van der Waals surface area (Å²) in [7, 11) is 0. The number of benzene rings is 2. The number of halogens is 1. The topological polar surface area (TPSA) is 21.6 Å². The number of fused-ring (bicyclic) bond motifs is 1. The molecule has 0 atom stereocenters. The van der Waals surface area contributed by atoms with Gasteiger partial charge in [-0.1, -0.05) is 40.2 Å². The van der Waals surface area contributed by atoms with Crippen LogP contribution in [0.4, 0.5) is 5.69 Å². The number of rotatable bonds is 1. The van der Waals surface area contributed by atoms with Crippen LogP contribution in [-0.4, -0.2) is 5.90 Å². The van der Waals surface area contributed by atoms with E-state index in [0.29, 0.717) is 12.5 Å². The van der Waals surface area contributed by atoms with Crippen molar-refractivity contribution in [3.8, 4) is 0 Å². The number of ether oxygens (including phenoxy) is 1. The molecule has 1 heterocycles. The van der Waals surface area contributed by atoms with Crippen LogP contribution in [0.5, 0.6) is 0 Å². The van der Waals surface area contributed by atoms with E-state index in [2.05, 4.69) is 20.9 Å². The van der Waals surface area contributed by atoms with Gasteiger partial charge in [-0.15, -0.1) is 0 Å². The van der Waals surface area contributed by atoms with Crippen LogP contribution >= 0.6 is 15.9 Å². The summed E-state index contributed by atoms with van der Waals surface area (Å²) >= 11 is 3.45. The predicted octanol–water partition coefficient (Wildman–Crippen LogP) is 4.06. The first-order chi connectivity index (χ1) is 8.33. The molecule has 84 valence electrons. The highest BCUT2D eigenvalue weighted by Gasteiger charge is 2.13. The highest BCUT2D eigenvalue weighted by atomic mass is 79.9. The van der Waals surface area contributed by atoms with Gasteiger partial charge in [0.15, 0.2) is 0 Å². The van der Waals surface area contributed by atoms with E-state index in [9.17, 15) is 0 Å². The highest BCUT2D eigenvalue weighted by molar-refractivity contribution is 9.10. The summed E-state index contributed by atoms with van der Waals surface area (Å²) < 4.78 is 6.70. The fraction of sp³-hybridized carbons (Fsp3) is 0.0714. The Bertz CT molecular complexity index is 592. The lowest BCUT2D eigenvalue weighted by Crippen LogP contribution is -2.10. The van der Waals surface area contributed by atoms with E-state index in [1.807, 2.05) is 48.5 Å². The third-order valence-corrected chi connectivity index (χ3v) is 3.14. The standard InChI is InChI=1S/C14H10BrNO/c15-12-6-3-5-10(8-12)14-16-13-7-2-1-4-11(13)9-17-14/h1-8H,9H2. The lowest BCUT2D eigenvalue weighted by Gasteiger charge is -2.16. The molecule has 3 rings (SSSR count). The molecular formula is C14H10BrNO. The molecule has 2 aromatic rings. The van der Waals surface area contributed by atoms with Gasteiger partial charge in [-0.05, 0) is 24.3 Å². The zero-order valence-electron chi connectivity index (χ0n) is 9.06. The van der Waals surface area contributed by atoms with Crippen LogP contribution in [0.15, 0.2) is 58.0 Å². The Morgan fingerprint density at radius 2 is 1.94 bits per heavy atom. The van der Waals surface area contributed by atoms with Crippen LogP contribution in [0.2, 0.25) is 0 Å². The molecular weight excluding hydrogens is 278 g/mol. The Balaban J connectivity index is 2.04. The second kappa shape index (κ2) is 4.34. The molecule has 0 bridgehead atoms. The fourth-order valence-electron chi connectivity index (χ4n) is 1.80. The molecule has 2 nitrogen and oxygen atoms in total. The van der Waals surface area contributed by atoms with E-state index < -0.39 is 0 Å². The van der Waals surface area contributed by atoms with Gasteiger partial charge in [-0.2, -0.15) is 0 Å². The van der Waals surface area contributed by atoms with Gasteiger partial charge in [0.1, 0.15) is 6.61 Å². The Hall–Kier alpha value is -1.61. The molecule has 2 aromatic carbocycles. The highest BCUT2D eigenvalue weighted by Crippen LogP contribution is 2.26. The molecule has 1 aliphatic rings. The zero-order chi connectivity index (χ0) is 11.7. The van der Waals surface area contributed by atoms with Gasteiger partial charge in [0.05, 0.1) is 5.69 Å². The molecule has 0 spiro atoms. The van der Waals surface area contributed by atoms with Crippen LogP contribution in [-0.2, 0) is 11.3 Å². The second-order valence-electron chi connectivity index (χ2n) is 3.84. The predicted molar refractivity (Wildman–Crippen MR) is 71.6 cm³/mol. The minimum absolute atomic E-state index is 0.585. The van der Waals surface area contributed by atoms with Crippen molar-refractivity contribution in [3.63, 3.8) is 0 Å². The van der Waals surface area contributed by atoms with Crippen molar-refractivity contribution in [1.29, 1.82) is 0 Å². The monoisotopic (exact) mass is 287 g/mol. The largest absolute Gasteiger partial charge is 0.472 e. The average molecular weight is 288 g/mol. The number of hydrogen-bond acceptors (Lipinski definition) is 2. The van der Waals surface area contributed by atoms with Crippen molar-refractivity contribution in [2.24, 2.45) is 4.99 Å². The van der Waals surface area contributed by atoms with Crippen LogP contribution in [0, 0.1) is 0 Å². The van der Waals surface area contributed by atoms with Gasteiger partial charge in [-0.25, -0.2) is 4.99 Å². The molecule has 17 heavy (non-hydrogen) atoms. The summed E-state index contributed by atoms with van der Waals surface area (Å²) in [4.78, 5) is 4.53. The summed E-state index contributed by atoms with van der Waals surface area (Å²) in [6, 6.07) is 16.0. The molecule has 0 saturated heterocycles. The van der Waals surface area contributed by atoms with E-state index in [0.717, 1.165) is 21.3 Å². The Morgan fingerprint density at radius 1 is 1.06 bits per heavy atom. The molecule has 0 amide bonds. The summed E-state index contributed by atoms with van der Waals surface area (Å²) in [5.74, 6) is 0.685. The Labute approximate surface area is 108 Å². The number of para-hydroxylation sites is 1. The quantitative estimate of drug-likeness (QED) is 0.775. The molecule has 0 aliphatic carbocycles. The first-order valence-corrected chi connectivity index (χ1v) is 6.17. The third kappa shape index (κ3) is 2.11. The molecule has 3 heteroatoms. The second-order valence-corrected chi connectivity index (χ2v) is 4.76. The lowest BCUT2D eigenvalue weighted by atomic mass is 10.1. The Kier molecular flexibility index (Phi) is 2.69. The molecule has 0 fully saturated rings. The van der Waals surface area contributed by atoms with E-state index in [4.69, 9.17) is 4.74 Å². The maximum absolute atomic E-state index is 5.67. The first kappa shape index (κ1) is 10.5. The summed E-state index contributed by atoms with van der Waals surface area (Å²) in [6.07, 6.45) is 0. The maximum Gasteiger partial charge on any atom is 0.221 e.